The number of esters is 2. The van der Waals surface area contributed by atoms with Crippen molar-refractivity contribution in [2.45, 2.75) is 45.8 Å². The predicted octanol–water partition coefficient (Wildman–Crippen LogP) is 4.49. The molecule has 0 bridgehead atoms. The Balaban J connectivity index is 1.88. The van der Waals surface area contributed by atoms with Gasteiger partial charge < -0.3 is 24.3 Å². The minimum Gasteiger partial charge on any atom is -0.496 e. The summed E-state index contributed by atoms with van der Waals surface area (Å²) >= 11 is 0. The van der Waals surface area contributed by atoms with Gasteiger partial charge in [-0.05, 0) is 50.1 Å². The van der Waals surface area contributed by atoms with Crippen LogP contribution in [0.3, 0.4) is 0 Å². The molecule has 212 valence electrons. The van der Waals surface area contributed by atoms with Gasteiger partial charge in [0.15, 0.2) is 11.4 Å². The summed E-state index contributed by atoms with van der Waals surface area (Å²) in [6.45, 7) is 5.91. The molecule has 0 unspecified atom stereocenters. The summed E-state index contributed by atoms with van der Waals surface area (Å²) in [5.41, 5.74) is 1.47. The van der Waals surface area contributed by atoms with Crippen LogP contribution in [0.4, 0.5) is 8.78 Å². The molecular formula is C29H30F2N2O7. The summed E-state index contributed by atoms with van der Waals surface area (Å²) in [6, 6.07) is 8.43. The van der Waals surface area contributed by atoms with Gasteiger partial charge in [0, 0.05) is 36.7 Å². The van der Waals surface area contributed by atoms with E-state index in [1.807, 2.05) is 0 Å². The molecule has 1 amide bonds. The van der Waals surface area contributed by atoms with Gasteiger partial charge in [0.1, 0.15) is 29.5 Å². The quantitative estimate of drug-likeness (QED) is 0.364. The second-order valence-electron chi connectivity index (χ2n) is 8.99. The van der Waals surface area contributed by atoms with Crippen LogP contribution >= 0.6 is 0 Å². The van der Waals surface area contributed by atoms with Crippen LogP contribution in [-0.2, 0) is 14.3 Å². The lowest BCUT2D eigenvalue weighted by molar-refractivity contribution is -0.150. The highest BCUT2D eigenvalue weighted by Gasteiger charge is 2.31. The van der Waals surface area contributed by atoms with E-state index < -0.39 is 47.5 Å². The lowest BCUT2D eigenvalue weighted by atomic mass is 9.84. The van der Waals surface area contributed by atoms with Gasteiger partial charge in [0.05, 0.1) is 14.2 Å². The fourth-order valence-corrected chi connectivity index (χ4v) is 4.28. The summed E-state index contributed by atoms with van der Waals surface area (Å²) in [5, 5.41) is 2.49. The largest absolute Gasteiger partial charge is 0.496 e. The third-order valence-electron chi connectivity index (χ3n) is 6.12. The summed E-state index contributed by atoms with van der Waals surface area (Å²) in [4.78, 5) is 41.6. The first-order valence-electron chi connectivity index (χ1n) is 12.3. The first kappa shape index (κ1) is 30.0. The van der Waals surface area contributed by atoms with E-state index >= 15 is 0 Å². The van der Waals surface area contributed by atoms with Crippen LogP contribution in [0.2, 0.25) is 0 Å². The molecule has 1 aromatic heterocycles. The van der Waals surface area contributed by atoms with Gasteiger partial charge >= 0.3 is 11.9 Å². The van der Waals surface area contributed by atoms with Crippen molar-refractivity contribution in [1.29, 1.82) is 0 Å². The fourth-order valence-electron chi connectivity index (χ4n) is 4.28. The molecule has 0 aliphatic heterocycles. The first-order valence-corrected chi connectivity index (χ1v) is 12.3. The van der Waals surface area contributed by atoms with Gasteiger partial charge in [-0.2, -0.15) is 0 Å². The molecule has 0 spiro atoms. The van der Waals surface area contributed by atoms with Crippen molar-refractivity contribution in [2.75, 3.05) is 14.2 Å². The molecule has 3 atom stereocenters. The van der Waals surface area contributed by atoms with E-state index in [1.165, 1.54) is 63.7 Å². The Morgan fingerprint density at radius 1 is 0.900 bits per heavy atom. The zero-order valence-electron chi connectivity index (χ0n) is 22.9. The molecule has 3 rings (SSSR count). The lowest BCUT2D eigenvalue weighted by Gasteiger charge is -2.28. The number of nitrogens with one attached hydrogen (secondary N) is 1. The van der Waals surface area contributed by atoms with E-state index in [2.05, 4.69) is 10.3 Å². The predicted molar refractivity (Wildman–Crippen MR) is 141 cm³/mol. The second kappa shape index (κ2) is 13.0. The Hall–Kier alpha value is -4.54. The molecule has 9 nitrogen and oxygen atoms in total. The zero-order valence-corrected chi connectivity index (χ0v) is 22.9. The number of carbonyl (C=O) groups excluding carboxylic acids is 3. The molecule has 0 saturated heterocycles. The van der Waals surface area contributed by atoms with Crippen molar-refractivity contribution in [3.05, 3.63) is 82.7 Å². The van der Waals surface area contributed by atoms with Gasteiger partial charge in [-0.25, -0.2) is 18.6 Å². The number of aromatic nitrogens is 1. The molecular weight excluding hydrogens is 526 g/mol. The number of aryl methyl sites for hydroxylation is 1. The second-order valence-corrected chi connectivity index (χ2v) is 8.99. The number of carbonyl (C=O) groups is 3. The third kappa shape index (κ3) is 6.90. The number of ether oxygens (including phenoxy) is 4. The number of nitrogens with zero attached hydrogens (tertiary/aromatic N) is 1. The molecule has 0 radical (unpaired) electrons. The SMILES string of the molecule is COc1cc(F)ccc1[C@H](c1ccc(F)cc1C)[C@H](C)OC(=O)[C@H](C)NC(=O)c1nccc(OC)c1OC(C)=O. The molecule has 0 aliphatic rings. The Bertz CT molecular complexity index is 1410. The van der Waals surface area contributed by atoms with Crippen LogP contribution in [0.5, 0.6) is 17.2 Å². The highest BCUT2D eigenvalue weighted by Crippen LogP contribution is 2.38. The minimum atomic E-state index is -1.15. The maximum absolute atomic E-state index is 14.0. The number of amides is 1. The summed E-state index contributed by atoms with van der Waals surface area (Å²) in [5.74, 6) is -3.79. The number of rotatable bonds is 10. The molecule has 1 N–H and O–H groups in total. The number of halogens is 2. The average Bonchev–Trinajstić information content (AvgIpc) is 2.90. The Morgan fingerprint density at radius 3 is 2.12 bits per heavy atom. The highest BCUT2D eigenvalue weighted by molar-refractivity contribution is 5.98. The van der Waals surface area contributed by atoms with E-state index in [1.54, 1.807) is 19.9 Å². The van der Waals surface area contributed by atoms with Gasteiger partial charge in [0.2, 0.25) is 5.75 Å². The smallest absolute Gasteiger partial charge is 0.328 e. The van der Waals surface area contributed by atoms with Gasteiger partial charge in [-0.15, -0.1) is 0 Å². The van der Waals surface area contributed by atoms with Crippen LogP contribution in [0, 0.1) is 18.6 Å². The molecule has 0 aliphatic carbocycles. The molecule has 40 heavy (non-hydrogen) atoms. The normalized spacial score (nSPS) is 13.0. The average molecular weight is 557 g/mol. The maximum atomic E-state index is 14.0. The van der Waals surface area contributed by atoms with Crippen LogP contribution in [0.1, 0.15) is 53.9 Å². The van der Waals surface area contributed by atoms with Gasteiger partial charge in [-0.3, -0.25) is 9.59 Å². The highest BCUT2D eigenvalue weighted by atomic mass is 19.1. The summed E-state index contributed by atoms with van der Waals surface area (Å²) in [6.07, 6.45) is 0.430. The van der Waals surface area contributed by atoms with Crippen molar-refractivity contribution in [2.24, 2.45) is 0 Å². The Labute approximate surface area is 230 Å². The number of hydrogen-bond acceptors (Lipinski definition) is 8. The number of pyridine rings is 1. The number of methoxy groups -OCH3 is 2. The van der Waals surface area contributed by atoms with Crippen molar-refractivity contribution >= 4 is 17.8 Å². The fraction of sp³-hybridized carbons (Fsp3) is 0.310. The molecule has 3 aromatic rings. The Morgan fingerprint density at radius 2 is 1.52 bits per heavy atom. The molecule has 2 aromatic carbocycles. The molecule has 1 heterocycles. The minimum absolute atomic E-state index is 0.102. The Kier molecular flexibility index (Phi) is 9.76. The number of hydrogen-bond donors (Lipinski definition) is 1. The van der Waals surface area contributed by atoms with E-state index in [0.717, 1.165) is 6.92 Å². The van der Waals surface area contributed by atoms with E-state index in [-0.39, 0.29) is 22.9 Å². The van der Waals surface area contributed by atoms with Crippen molar-refractivity contribution < 1.29 is 42.1 Å². The van der Waals surface area contributed by atoms with Gasteiger partial charge in [-0.1, -0.05) is 12.1 Å². The van der Waals surface area contributed by atoms with E-state index in [9.17, 15) is 23.2 Å². The van der Waals surface area contributed by atoms with Crippen LogP contribution < -0.4 is 19.5 Å². The summed E-state index contributed by atoms with van der Waals surface area (Å²) < 4.78 is 49.2. The molecule has 0 saturated carbocycles. The first-order chi connectivity index (χ1) is 19.0. The van der Waals surface area contributed by atoms with E-state index in [0.29, 0.717) is 16.7 Å². The summed E-state index contributed by atoms with van der Waals surface area (Å²) in [7, 11) is 2.72. The van der Waals surface area contributed by atoms with Gasteiger partial charge in [0.25, 0.3) is 5.91 Å². The van der Waals surface area contributed by atoms with Crippen LogP contribution in [-0.4, -0.2) is 49.2 Å². The van der Waals surface area contributed by atoms with Crippen molar-refractivity contribution in [3.63, 3.8) is 0 Å². The monoisotopic (exact) mass is 556 g/mol. The zero-order chi connectivity index (χ0) is 29.6. The molecule has 0 fully saturated rings. The topological polar surface area (TPSA) is 113 Å². The van der Waals surface area contributed by atoms with Crippen molar-refractivity contribution in [3.8, 4) is 17.2 Å². The van der Waals surface area contributed by atoms with Crippen LogP contribution in [0.15, 0.2) is 48.7 Å². The van der Waals surface area contributed by atoms with Crippen molar-refractivity contribution in [1.82, 2.24) is 10.3 Å². The third-order valence-corrected chi connectivity index (χ3v) is 6.12. The van der Waals surface area contributed by atoms with E-state index in [4.69, 9.17) is 18.9 Å². The standard InChI is InChI=1S/C29H30F2N2O7/c1-15-13-19(30)7-9-21(15)25(22-10-8-20(31)14-24(22)38-6)17(3)39-29(36)16(2)33-28(35)26-27(40-18(4)34)23(37-5)11-12-32-26/h7-14,16-17,25H,1-6H3,(H,33,35)/t16-,17-,25-/m0/s1. The number of benzene rings is 2. The lowest BCUT2D eigenvalue weighted by Crippen LogP contribution is -2.42. The maximum Gasteiger partial charge on any atom is 0.328 e. The van der Waals surface area contributed by atoms with Crippen LogP contribution in [0.25, 0.3) is 0 Å². The molecule has 11 heteroatoms.